The molecule has 4 rings (SSSR count). The summed E-state index contributed by atoms with van der Waals surface area (Å²) in [6.07, 6.45) is 1.64. The van der Waals surface area contributed by atoms with Crippen LogP contribution in [0.25, 0.3) is 0 Å². The number of nitrogens with one attached hydrogen (secondary N) is 1. The van der Waals surface area contributed by atoms with Gasteiger partial charge in [0.05, 0.1) is 16.1 Å². The minimum Gasteiger partial charge on any atom is -0.486 e. The number of fused-ring (bicyclic) bond motifs is 1. The highest BCUT2D eigenvalue weighted by molar-refractivity contribution is 6.33. The van der Waals surface area contributed by atoms with Gasteiger partial charge < -0.3 is 14.8 Å². The lowest BCUT2D eigenvalue weighted by Gasteiger charge is -2.21. The number of hydrogen-bond donors (Lipinski definition) is 1. The highest BCUT2D eigenvalue weighted by atomic mass is 35.5. The summed E-state index contributed by atoms with van der Waals surface area (Å²) in [6.45, 7) is 1.10. The SMILES string of the molecule is O=C(Nc1ccccc1Cl)C1(c2ccc3c(c2)OCCO3)CC1. The standard InChI is InChI=1S/C18H16ClNO3/c19-13-3-1-2-4-14(13)20-17(21)18(7-8-18)12-5-6-15-16(11-12)23-10-9-22-15/h1-6,11H,7-10H2,(H,20,21). The van der Waals surface area contributed by atoms with Crippen LogP contribution in [0.2, 0.25) is 5.02 Å². The van der Waals surface area contributed by atoms with Gasteiger partial charge in [0, 0.05) is 0 Å². The number of anilines is 1. The predicted octanol–water partition coefficient (Wildman–Crippen LogP) is 3.78. The van der Waals surface area contributed by atoms with Crippen LogP contribution in [0.15, 0.2) is 42.5 Å². The molecule has 0 unspecified atom stereocenters. The summed E-state index contributed by atoms with van der Waals surface area (Å²) in [4.78, 5) is 12.8. The van der Waals surface area contributed by atoms with Gasteiger partial charge in [0.25, 0.3) is 0 Å². The van der Waals surface area contributed by atoms with Gasteiger partial charge in [-0.2, -0.15) is 0 Å². The van der Waals surface area contributed by atoms with E-state index in [2.05, 4.69) is 5.32 Å². The van der Waals surface area contributed by atoms with Crippen molar-refractivity contribution in [1.29, 1.82) is 0 Å². The first-order valence-corrected chi connectivity index (χ1v) is 8.03. The van der Waals surface area contributed by atoms with E-state index in [1.165, 1.54) is 0 Å². The van der Waals surface area contributed by atoms with Crippen molar-refractivity contribution >= 4 is 23.2 Å². The molecule has 0 bridgehead atoms. The van der Waals surface area contributed by atoms with Crippen LogP contribution in [0.3, 0.4) is 0 Å². The predicted molar refractivity (Wildman–Crippen MR) is 88.4 cm³/mol. The molecule has 0 atom stereocenters. The van der Waals surface area contributed by atoms with E-state index in [0.717, 1.165) is 24.2 Å². The Morgan fingerprint density at radius 2 is 1.78 bits per heavy atom. The fourth-order valence-electron chi connectivity index (χ4n) is 2.92. The van der Waals surface area contributed by atoms with E-state index >= 15 is 0 Å². The number of para-hydroxylation sites is 1. The number of carbonyl (C=O) groups is 1. The zero-order chi connectivity index (χ0) is 15.9. The van der Waals surface area contributed by atoms with E-state index in [0.29, 0.717) is 29.7 Å². The Bertz CT molecular complexity index is 771. The van der Waals surface area contributed by atoms with Gasteiger partial charge in [0.1, 0.15) is 13.2 Å². The first-order chi connectivity index (χ1) is 11.2. The first-order valence-electron chi connectivity index (χ1n) is 7.65. The van der Waals surface area contributed by atoms with Crippen molar-refractivity contribution in [3.8, 4) is 11.5 Å². The molecule has 2 aromatic rings. The molecule has 0 spiro atoms. The maximum Gasteiger partial charge on any atom is 0.235 e. The number of amides is 1. The molecule has 0 aromatic heterocycles. The van der Waals surface area contributed by atoms with E-state index in [1.807, 2.05) is 30.3 Å². The van der Waals surface area contributed by atoms with Crippen molar-refractivity contribution in [2.75, 3.05) is 18.5 Å². The fraction of sp³-hybridized carbons (Fsp3) is 0.278. The average Bonchev–Trinajstić information content (AvgIpc) is 3.38. The van der Waals surface area contributed by atoms with Gasteiger partial charge in [0.15, 0.2) is 11.5 Å². The van der Waals surface area contributed by atoms with Gasteiger partial charge in [-0.3, -0.25) is 4.79 Å². The summed E-state index contributed by atoms with van der Waals surface area (Å²) in [6, 6.07) is 13.0. The van der Waals surface area contributed by atoms with Crippen molar-refractivity contribution < 1.29 is 14.3 Å². The monoisotopic (exact) mass is 329 g/mol. The van der Waals surface area contributed by atoms with E-state index in [-0.39, 0.29) is 5.91 Å². The smallest absolute Gasteiger partial charge is 0.235 e. The third-order valence-corrected chi connectivity index (χ3v) is 4.73. The number of ether oxygens (including phenoxy) is 2. The van der Waals surface area contributed by atoms with Crippen LogP contribution in [-0.2, 0) is 10.2 Å². The Morgan fingerprint density at radius 1 is 1.04 bits per heavy atom. The third-order valence-electron chi connectivity index (χ3n) is 4.40. The van der Waals surface area contributed by atoms with Crippen LogP contribution < -0.4 is 14.8 Å². The molecule has 0 radical (unpaired) electrons. The molecule has 5 heteroatoms. The number of benzene rings is 2. The number of carbonyl (C=O) groups excluding carboxylic acids is 1. The molecular weight excluding hydrogens is 314 g/mol. The van der Waals surface area contributed by atoms with Gasteiger partial charge >= 0.3 is 0 Å². The Kier molecular flexibility index (Phi) is 3.42. The molecule has 1 fully saturated rings. The maximum absolute atomic E-state index is 12.8. The molecule has 118 valence electrons. The molecule has 1 aliphatic carbocycles. The molecule has 1 aliphatic heterocycles. The molecule has 23 heavy (non-hydrogen) atoms. The summed E-state index contributed by atoms with van der Waals surface area (Å²) < 4.78 is 11.2. The Hall–Kier alpha value is -2.20. The van der Waals surface area contributed by atoms with E-state index in [4.69, 9.17) is 21.1 Å². The topological polar surface area (TPSA) is 47.6 Å². The van der Waals surface area contributed by atoms with Crippen LogP contribution in [0.4, 0.5) is 5.69 Å². The Labute approximate surface area is 139 Å². The molecule has 2 aliphatic rings. The van der Waals surface area contributed by atoms with Crippen LogP contribution in [0.1, 0.15) is 18.4 Å². The zero-order valence-electron chi connectivity index (χ0n) is 12.5. The van der Waals surface area contributed by atoms with Crippen molar-refractivity contribution in [3.63, 3.8) is 0 Å². The lowest BCUT2D eigenvalue weighted by molar-refractivity contribution is -0.118. The van der Waals surface area contributed by atoms with Crippen LogP contribution >= 0.6 is 11.6 Å². The molecule has 1 saturated carbocycles. The minimum atomic E-state index is -0.491. The fourth-order valence-corrected chi connectivity index (χ4v) is 3.10. The van der Waals surface area contributed by atoms with Gasteiger partial charge in [-0.15, -0.1) is 0 Å². The lowest BCUT2D eigenvalue weighted by Crippen LogP contribution is -2.28. The van der Waals surface area contributed by atoms with Crippen molar-refractivity contribution in [3.05, 3.63) is 53.1 Å². The summed E-state index contributed by atoms with van der Waals surface area (Å²) in [5.74, 6) is 1.43. The molecule has 4 nitrogen and oxygen atoms in total. The minimum absolute atomic E-state index is 0.0257. The van der Waals surface area contributed by atoms with Crippen LogP contribution in [0, 0.1) is 0 Å². The van der Waals surface area contributed by atoms with Crippen molar-refractivity contribution in [2.24, 2.45) is 0 Å². The molecule has 1 N–H and O–H groups in total. The average molecular weight is 330 g/mol. The number of rotatable bonds is 3. The Morgan fingerprint density at radius 3 is 2.52 bits per heavy atom. The second-order valence-electron chi connectivity index (χ2n) is 5.87. The van der Waals surface area contributed by atoms with Gasteiger partial charge in [-0.25, -0.2) is 0 Å². The quantitative estimate of drug-likeness (QED) is 0.932. The molecule has 2 aromatic carbocycles. The summed E-state index contributed by atoms with van der Waals surface area (Å²) in [7, 11) is 0. The summed E-state index contributed by atoms with van der Waals surface area (Å²) >= 11 is 6.13. The van der Waals surface area contributed by atoms with E-state index in [9.17, 15) is 4.79 Å². The normalized spacial score (nSPS) is 17.4. The molecule has 1 heterocycles. The largest absolute Gasteiger partial charge is 0.486 e. The van der Waals surface area contributed by atoms with E-state index < -0.39 is 5.41 Å². The van der Waals surface area contributed by atoms with Crippen molar-refractivity contribution in [1.82, 2.24) is 0 Å². The van der Waals surface area contributed by atoms with Crippen LogP contribution in [0.5, 0.6) is 11.5 Å². The first kappa shape index (κ1) is 14.4. The number of hydrogen-bond acceptors (Lipinski definition) is 3. The van der Waals surface area contributed by atoms with Gasteiger partial charge in [-0.1, -0.05) is 29.8 Å². The van der Waals surface area contributed by atoms with Crippen molar-refractivity contribution in [2.45, 2.75) is 18.3 Å². The summed E-state index contributed by atoms with van der Waals surface area (Å²) in [5, 5.41) is 3.49. The Balaban J connectivity index is 1.61. The van der Waals surface area contributed by atoms with Gasteiger partial charge in [0.2, 0.25) is 5.91 Å². The van der Waals surface area contributed by atoms with Gasteiger partial charge in [-0.05, 0) is 42.7 Å². The highest BCUT2D eigenvalue weighted by Crippen LogP contribution is 2.51. The lowest BCUT2D eigenvalue weighted by atomic mass is 9.94. The second-order valence-corrected chi connectivity index (χ2v) is 6.28. The summed E-state index contributed by atoms with van der Waals surface area (Å²) in [5.41, 5.74) is 1.11. The zero-order valence-corrected chi connectivity index (χ0v) is 13.2. The third kappa shape index (κ3) is 2.53. The maximum atomic E-state index is 12.8. The second kappa shape index (κ2) is 5.46. The molecule has 0 saturated heterocycles. The number of halogens is 1. The highest BCUT2D eigenvalue weighted by Gasteiger charge is 2.51. The molecule has 1 amide bonds. The van der Waals surface area contributed by atoms with Crippen LogP contribution in [-0.4, -0.2) is 19.1 Å². The van der Waals surface area contributed by atoms with E-state index in [1.54, 1.807) is 12.1 Å². The molecular formula is C18H16ClNO3.